The number of carbonyl (C=O) groups is 1. The fourth-order valence-corrected chi connectivity index (χ4v) is 1.65. The highest BCUT2D eigenvalue weighted by Gasteiger charge is 2.10. The molecular weight excluding hydrogens is 198 g/mol. The van der Waals surface area contributed by atoms with E-state index in [0.717, 1.165) is 23.2 Å². The van der Waals surface area contributed by atoms with E-state index in [1.807, 2.05) is 54.4 Å². The van der Waals surface area contributed by atoms with Crippen molar-refractivity contribution in [2.75, 3.05) is 7.05 Å². The number of rotatable bonds is 2. The zero-order chi connectivity index (χ0) is 11.5. The number of allylic oxidation sites excluding steroid dienone is 3. The molecular formula is C14H13NO. The van der Waals surface area contributed by atoms with Crippen LogP contribution < -0.4 is 0 Å². The molecule has 0 spiro atoms. The van der Waals surface area contributed by atoms with Crippen molar-refractivity contribution in [3.8, 4) is 0 Å². The number of benzene rings is 1. The predicted octanol–water partition coefficient (Wildman–Crippen LogP) is 2.86. The predicted molar refractivity (Wildman–Crippen MR) is 65.8 cm³/mol. The van der Waals surface area contributed by atoms with Crippen molar-refractivity contribution in [1.82, 2.24) is 4.90 Å². The maximum atomic E-state index is 10.6. The number of hydrogen-bond donors (Lipinski definition) is 0. The molecule has 1 heterocycles. The maximum absolute atomic E-state index is 10.6. The minimum atomic E-state index is 0.692. The van der Waals surface area contributed by atoms with Crippen LogP contribution in [0.2, 0.25) is 0 Å². The van der Waals surface area contributed by atoms with Gasteiger partial charge in [-0.05, 0) is 17.7 Å². The zero-order valence-corrected chi connectivity index (χ0v) is 9.18. The SMILES string of the molecule is C=C1C=CC=C(c2ccc(C=O)cc2)N1C. The molecule has 16 heavy (non-hydrogen) atoms. The molecule has 2 heteroatoms. The molecule has 0 saturated heterocycles. The average Bonchev–Trinajstić information content (AvgIpc) is 2.33. The Morgan fingerprint density at radius 3 is 2.56 bits per heavy atom. The molecule has 0 fully saturated rings. The van der Waals surface area contributed by atoms with Gasteiger partial charge in [0.05, 0.1) is 0 Å². The Morgan fingerprint density at radius 1 is 1.25 bits per heavy atom. The van der Waals surface area contributed by atoms with Crippen LogP contribution in [0.4, 0.5) is 0 Å². The smallest absolute Gasteiger partial charge is 0.150 e. The molecule has 1 aromatic carbocycles. The summed E-state index contributed by atoms with van der Waals surface area (Å²) in [6.45, 7) is 3.95. The maximum Gasteiger partial charge on any atom is 0.150 e. The first-order chi connectivity index (χ1) is 7.72. The second-order valence-electron chi connectivity index (χ2n) is 3.70. The summed E-state index contributed by atoms with van der Waals surface area (Å²) >= 11 is 0. The van der Waals surface area contributed by atoms with Gasteiger partial charge in [0, 0.05) is 24.0 Å². The molecule has 80 valence electrons. The average molecular weight is 211 g/mol. The summed E-state index contributed by atoms with van der Waals surface area (Å²) in [5.74, 6) is 0. The van der Waals surface area contributed by atoms with Gasteiger partial charge in [0.1, 0.15) is 6.29 Å². The number of nitrogens with zero attached hydrogens (tertiary/aromatic N) is 1. The Bertz CT molecular complexity index is 480. The van der Waals surface area contributed by atoms with E-state index < -0.39 is 0 Å². The second-order valence-corrected chi connectivity index (χ2v) is 3.70. The highest BCUT2D eigenvalue weighted by molar-refractivity contribution is 5.77. The quantitative estimate of drug-likeness (QED) is 0.701. The van der Waals surface area contributed by atoms with Crippen LogP contribution in [-0.2, 0) is 0 Å². The molecule has 0 radical (unpaired) electrons. The van der Waals surface area contributed by atoms with Gasteiger partial charge in [-0.25, -0.2) is 0 Å². The molecule has 0 aromatic heterocycles. The summed E-state index contributed by atoms with van der Waals surface area (Å²) in [6, 6.07) is 7.52. The monoisotopic (exact) mass is 211 g/mol. The van der Waals surface area contributed by atoms with Gasteiger partial charge >= 0.3 is 0 Å². The van der Waals surface area contributed by atoms with Crippen molar-refractivity contribution in [1.29, 1.82) is 0 Å². The van der Waals surface area contributed by atoms with E-state index in [1.165, 1.54) is 0 Å². The summed E-state index contributed by atoms with van der Waals surface area (Å²) in [6.07, 6.45) is 6.82. The number of likely N-dealkylation sites (N-methyl/N-ethyl adjacent to an activating group) is 1. The molecule has 0 saturated carbocycles. The number of aldehydes is 1. The van der Waals surface area contributed by atoms with Gasteiger partial charge in [0.15, 0.2) is 0 Å². The molecule has 0 bridgehead atoms. The molecule has 0 unspecified atom stereocenters. The van der Waals surface area contributed by atoms with Crippen LogP contribution in [0.15, 0.2) is 54.8 Å². The molecule has 1 aromatic rings. The van der Waals surface area contributed by atoms with Crippen molar-refractivity contribution < 1.29 is 4.79 Å². The summed E-state index contributed by atoms with van der Waals surface area (Å²) < 4.78 is 0. The van der Waals surface area contributed by atoms with Crippen molar-refractivity contribution in [2.45, 2.75) is 0 Å². The van der Waals surface area contributed by atoms with Gasteiger partial charge in [-0.3, -0.25) is 4.79 Å². The van der Waals surface area contributed by atoms with Gasteiger partial charge in [-0.2, -0.15) is 0 Å². The van der Waals surface area contributed by atoms with Crippen LogP contribution in [-0.4, -0.2) is 18.2 Å². The van der Waals surface area contributed by atoms with Gasteiger partial charge in [0.25, 0.3) is 0 Å². The first-order valence-electron chi connectivity index (χ1n) is 5.09. The number of carbonyl (C=O) groups excluding carboxylic acids is 1. The molecule has 1 aliphatic rings. The topological polar surface area (TPSA) is 20.3 Å². The van der Waals surface area contributed by atoms with E-state index in [4.69, 9.17) is 0 Å². The lowest BCUT2D eigenvalue weighted by atomic mass is 10.1. The van der Waals surface area contributed by atoms with Gasteiger partial charge in [-0.1, -0.05) is 36.9 Å². The van der Waals surface area contributed by atoms with E-state index in [9.17, 15) is 4.79 Å². The second kappa shape index (κ2) is 4.19. The van der Waals surface area contributed by atoms with Gasteiger partial charge in [-0.15, -0.1) is 0 Å². The molecule has 0 N–H and O–H groups in total. The first kappa shape index (κ1) is 10.4. The van der Waals surface area contributed by atoms with Crippen molar-refractivity contribution in [3.05, 3.63) is 65.9 Å². The standard InChI is InChI=1S/C14H13NO/c1-11-4-3-5-14(15(11)2)13-8-6-12(10-16)7-9-13/h3-10H,1H2,2H3. The Kier molecular flexibility index (Phi) is 2.73. The normalized spacial score (nSPS) is 14.9. The molecule has 0 aliphatic carbocycles. The van der Waals surface area contributed by atoms with Gasteiger partial charge < -0.3 is 4.90 Å². The summed E-state index contributed by atoms with van der Waals surface area (Å²) in [5.41, 5.74) is 3.82. The Hall–Kier alpha value is -2.09. The molecule has 0 atom stereocenters. The molecule has 0 amide bonds. The Labute approximate surface area is 95.2 Å². The summed E-state index contributed by atoms with van der Waals surface area (Å²) in [7, 11) is 1.98. The number of hydrogen-bond acceptors (Lipinski definition) is 2. The van der Waals surface area contributed by atoms with Crippen LogP contribution in [0.1, 0.15) is 15.9 Å². The molecule has 2 nitrogen and oxygen atoms in total. The minimum Gasteiger partial charge on any atom is -0.345 e. The summed E-state index contributed by atoms with van der Waals surface area (Å²) in [4.78, 5) is 12.6. The third-order valence-corrected chi connectivity index (χ3v) is 2.68. The molecule has 2 rings (SSSR count). The van der Waals surface area contributed by atoms with Crippen LogP contribution in [0.5, 0.6) is 0 Å². The lowest BCUT2D eigenvalue weighted by molar-refractivity contribution is 0.112. The third-order valence-electron chi connectivity index (χ3n) is 2.68. The van der Waals surface area contributed by atoms with Crippen molar-refractivity contribution in [3.63, 3.8) is 0 Å². The van der Waals surface area contributed by atoms with Crippen LogP contribution in [0.3, 0.4) is 0 Å². The van der Waals surface area contributed by atoms with E-state index in [1.54, 1.807) is 0 Å². The Balaban J connectivity index is 2.36. The minimum absolute atomic E-state index is 0.692. The van der Waals surface area contributed by atoms with Crippen LogP contribution in [0, 0.1) is 0 Å². The van der Waals surface area contributed by atoms with Crippen LogP contribution in [0.25, 0.3) is 5.70 Å². The third kappa shape index (κ3) is 1.82. The first-order valence-corrected chi connectivity index (χ1v) is 5.09. The van der Waals surface area contributed by atoms with Crippen molar-refractivity contribution >= 4 is 12.0 Å². The van der Waals surface area contributed by atoms with Crippen LogP contribution >= 0.6 is 0 Å². The van der Waals surface area contributed by atoms with E-state index in [0.29, 0.717) is 5.56 Å². The fourth-order valence-electron chi connectivity index (χ4n) is 1.65. The Morgan fingerprint density at radius 2 is 1.94 bits per heavy atom. The lowest BCUT2D eigenvalue weighted by Gasteiger charge is -2.25. The molecule has 1 aliphatic heterocycles. The highest BCUT2D eigenvalue weighted by Crippen LogP contribution is 2.24. The van der Waals surface area contributed by atoms with Gasteiger partial charge in [0.2, 0.25) is 0 Å². The highest BCUT2D eigenvalue weighted by atomic mass is 16.1. The zero-order valence-electron chi connectivity index (χ0n) is 9.18. The summed E-state index contributed by atoms with van der Waals surface area (Å²) in [5, 5.41) is 0. The lowest BCUT2D eigenvalue weighted by Crippen LogP contribution is -2.16. The van der Waals surface area contributed by atoms with Crippen molar-refractivity contribution in [2.24, 2.45) is 0 Å². The van der Waals surface area contributed by atoms with E-state index >= 15 is 0 Å². The largest absolute Gasteiger partial charge is 0.345 e. The van der Waals surface area contributed by atoms with E-state index in [2.05, 4.69) is 6.58 Å². The fraction of sp³-hybridized carbons (Fsp3) is 0.0714. The van der Waals surface area contributed by atoms with E-state index in [-0.39, 0.29) is 0 Å².